The van der Waals surface area contributed by atoms with Gasteiger partial charge in [0.25, 0.3) is 0 Å². The van der Waals surface area contributed by atoms with E-state index in [2.05, 4.69) is 4.90 Å². The summed E-state index contributed by atoms with van der Waals surface area (Å²) in [5, 5.41) is 11.3. The van der Waals surface area contributed by atoms with Gasteiger partial charge in [0, 0.05) is 40.5 Å². The van der Waals surface area contributed by atoms with Crippen LogP contribution in [-0.2, 0) is 6.42 Å². The first kappa shape index (κ1) is 18.8. The van der Waals surface area contributed by atoms with E-state index in [1.165, 1.54) is 0 Å². The largest absolute Gasteiger partial charge is 0.511 e. The molecule has 1 saturated heterocycles. The standard InChI is InChI=1S/C21H18Cl2N2O3/c22-14-7-8-18-15(12-14)16(11-13-5-1-2-6-17(13)23)19(28-21(26)27)20(24-18)25-9-3-4-10-25/h1-2,5-8,12H,3-4,9-11H2,(H,26,27). The van der Waals surface area contributed by atoms with E-state index in [9.17, 15) is 9.90 Å². The molecule has 4 rings (SSSR count). The Kier molecular flexibility index (Phi) is 5.29. The number of fused-ring (bicyclic) bond motifs is 1. The molecule has 1 aliphatic rings. The minimum Gasteiger partial charge on any atom is -0.449 e. The van der Waals surface area contributed by atoms with Crippen LogP contribution in [0.25, 0.3) is 10.9 Å². The molecule has 0 bridgehead atoms. The Morgan fingerprint density at radius 1 is 1.14 bits per heavy atom. The van der Waals surface area contributed by atoms with Crippen molar-refractivity contribution in [2.45, 2.75) is 19.3 Å². The lowest BCUT2D eigenvalue weighted by atomic mass is 9.99. The van der Waals surface area contributed by atoms with Gasteiger partial charge in [0.05, 0.1) is 5.52 Å². The Balaban J connectivity index is 1.97. The number of hydrogen-bond donors (Lipinski definition) is 1. The first-order valence-corrected chi connectivity index (χ1v) is 9.80. The molecule has 0 atom stereocenters. The number of aromatic nitrogens is 1. The van der Waals surface area contributed by atoms with Crippen LogP contribution in [0.15, 0.2) is 42.5 Å². The minimum atomic E-state index is -1.37. The molecule has 0 amide bonds. The molecule has 144 valence electrons. The monoisotopic (exact) mass is 416 g/mol. The molecule has 1 aromatic heterocycles. The van der Waals surface area contributed by atoms with Crippen LogP contribution in [0.4, 0.5) is 10.6 Å². The van der Waals surface area contributed by atoms with Crippen molar-refractivity contribution >= 4 is 46.1 Å². The average Bonchev–Trinajstić information content (AvgIpc) is 3.19. The topological polar surface area (TPSA) is 62.7 Å². The number of anilines is 1. The van der Waals surface area contributed by atoms with Crippen LogP contribution in [0.3, 0.4) is 0 Å². The Labute approximate surface area is 172 Å². The maximum Gasteiger partial charge on any atom is 0.511 e. The zero-order chi connectivity index (χ0) is 19.7. The van der Waals surface area contributed by atoms with Crippen molar-refractivity contribution in [3.8, 4) is 5.75 Å². The molecule has 7 heteroatoms. The molecule has 0 spiro atoms. The summed E-state index contributed by atoms with van der Waals surface area (Å²) in [6.07, 6.45) is 1.10. The van der Waals surface area contributed by atoms with Crippen LogP contribution in [0.2, 0.25) is 10.0 Å². The van der Waals surface area contributed by atoms with Crippen LogP contribution >= 0.6 is 23.2 Å². The van der Waals surface area contributed by atoms with E-state index in [4.69, 9.17) is 32.9 Å². The van der Waals surface area contributed by atoms with Crippen LogP contribution in [-0.4, -0.2) is 29.3 Å². The lowest BCUT2D eigenvalue weighted by Gasteiger charge is -2.23. The predicted octanol–water partition coefficient (Wildman–Crippen LogP) is 5.79. The highest BCUT2D eigenvalue weighted by atomic mass is 35.5. The third kappa shape index (κ3) is 3.73. The SMILES string of the molecule is O=C(O)Oc1c(N2CCCC2)nc2ccc(Cl)cc2c1Cc1ccccc1Cl. The van der Waals surface area contributed by atoms with Crippen LogP contribution < -0.4 is 9.64 Å². The second-order valence-corrected chi connectivity index (χ2v) is 7.58. The van der Waals surface area contributed by atoms with Crippen molar-refractivity contribution < 1.29 is 14.6 Å². The summed E-state index contributed by atoms with van der Waals surface area (Å²) in [5.41, 5.74) is 2.33. The van der Waals surface area contributed by atoms with E-state index >= 15 is 0 Å². The van der Waals surface area contributed by atoms with E-state index in [1.54, 1.807) is 12.1 Å². The van der Waals surface area contributed by atoms with Gasteiger partial charge in [-0.25, -0.2) is 9.78 Å². The summed E-state index contributed by atoms with van der Waals surface area (Å²) in [6, 6.07) is 12.9. The molecule has 2 aromatic carbocycles. The summed E-state index contributed by atoms with van der Waals surface area (Å²) in [5.74, 6) is 0.806. The van der Waals surface area contributed by atoms with Gasteiger partial charge in [-0.3, -0.25) is 0 Å². The highest BCUT2D eigenvalue weighted by molar-refractivity contribution is 6.31. The number of halogens is 2. The van der Waals surface area contributed by atoms with Crippen molar-refractivity contribution in [3.63, 3.8) is 0 Å². The summed E-state index contributed by atoms with van der Waals surface area (Å²) in [4.78, 5) is 18.3. The molecule has 1 fully saturated rings. The molecule has 3 aromatic rings. The second kappa shape index (κ2) is 7.86. The van der Waals surface area contributed by atoms with Crippen molar-refractivity contribution in [2.75, 3.05) is 18.0 Å². The number of pyridine rings is 1. The number of ether oxygens (including phenoxy) is 1. The molecule has 0 unspecified atom stereocenters. The van der Waals surface area contributed by atoms with Gasteiger partial charge in [-0.1, -0.05) is 41.4 Å². The normalized spacial score (nSPS) is 13.9. The zero-order valence-electron chi connectivity index (χ0n) is 15.0. The van der Waals surface area contributed by atoms with Crippen molar-refractivity contribution in [3.05, 3.63) is 63.6 Å². The summed E-state index contributed by atoms with van der Waals surface area (Å²) in [7, 11) is 0. The summed E-state index contributed by atoms with van der Waals surface area (Å²) >= 11 is 12.6. The molecular formula is C21H18Cl2N2O3. The maximum absolute atomic E-state index is 11.5. The smallest absolute Gasteiger partial charge is 0.449 e. The van der Waals surface area contributed by atoms with E-state index in [1.807, 2.05) is 30.3 Å². The molecule has 1 aliphatic heterocycles. The number of carboxylic acid groups (broad SMARTS) is 1. The van der Waals surface area contributed by atoms with Crippen molar-refractivity contribution in [1.82, 2.24) is 4.98 Å². The van der Waals surface area contributed by atoms with E-state index in [0.717, 1.165) is 42.4 Å². The zero-order valence-corrected chi connectivity index (χ0v) is 16.5. The molecule has 0 saturated carbocycles. The molecule has 5 nitrogen and oxygen atoms in total. The van der Waals surface area contributed by atoms with Crippen molar-refractivity contribution in [1.29, 1.82) is 0 Å². The lowest BCUT2D eigenvalue weighted by Crippen LogP contribution is -2.22. The highest BCUT2D eigenvalue weighted by Crippen LogP contribution is 2.40. The summed E-state index contributed by atoms with van der Waals surface area (Å²) < 4.78 is 5.28. The van der Waals surface area contributed by atoms with Gasteiger partial charge in [0.2, 0.25) is 0 Å². The minimum absolute atomic E-state index is 0.254. The van der Waals surface area contributed by atoms with Gasteiger partial charge >= 0.3 is 6.16 Å². The van der Waals surface area contributed by atoms with Gasteiger partial charge in [-0.15, -0.1) is 0 Å². The maximum atomic E-state index is 11.5. The van der Waals surface area contributed by atoms with E-state index < -0.39 is 6.16 Å². The fraction of sp³-hybridized carbons (Fsp3) is 0.238. The molecule has 0 aliphatic carbocycles. The van der Waals surface area contributed by atoms with Crippen molar-refractivity contribution in [2.24, 2.45) is 0 Å². The Morgan fingerprint density at radius 3 is 2.61 bits per heavy atom. The van der Waals surface area contributed by atoms with Crippen LogP contribution in [0.1, 0.15) is 24.0 Å². The number of rotatable bonds is 4. The Morgan fingerprint density at radius 2 is 1.89 bits per heavy atom. The van der Waals surface area contributed by atoms with Gasteiger partial charge in [-0.05, 0) is 42.7 Å². The van der Waals surface area contributed by atoms with E-state index in [-0.39, 0.29) is 5.75 Å². The average molecular weight is 417 g/mol. The molecule has 1 N–H and O–H groups in total. The van der Waals surface area contributed by atoms with E-state index in [0.29, 0.717) is 27.8 Å². The number of carbonyl (C=O) groups is 1. The molecular weight excluding hydrogens is 399 g/mol. The molecule has 28 heavy (non-hydrogen) atoms. The van der Waals surface area contributed by atoms with Crippen LogP contribution in [0.5, 0.6) is 5.75 Å². The highest BCUT2D eigenvalue weighted by Gasteiger charge is 2.25. The fourth-order valence-electron chi connectivity index (χ4n) is 3.62. The predicted molar refractivity (Wildman–Crippen MR) is 111 cm³/mol. The Bertz CT molecular complexity index is 1050. The lowest BCUT2D eigenvalue weighted by molar-refractivity contribution is 0.144. The molecule has 0 radical (unpaired) electrons. The first-order valence-electron chi connectivity index (χ1n) is 9.04. The third-order valence-electron chi connectivity index (χ3n) is 4.91. The number of nitrogens with zero attached hydrogens (tertiary/aromatic N) is 2. The van der Waals surface area contributed by atoms with Gasteiger partial charge < -0.3 is 14.7 Å². The summed E-state index contributed by atoms with van der Waals surface area (Å²) in [6.45, 7) is 1.63. The van der Waals surface area contributed by atoms with Crippen LogP contribution in [0, 0.1) is 0 Å². The number of hydrogen-bond acceptors (Lipinski definition) is 4. The third-order valence-corrected chi connectivity index (χ3v) is 5.51. The van der Waals surface area contributed by atoms with Gasteiger partial charge in [0.1, 0.15) is 0 Å². The fourth-order valence-corrected chi connectivity index (χ4v) is 3.99. The van der Waals surface area contributed by atoms with Gasteiger partial charge in [0.15, 0.2) is 11.6 Å². The Hall–Kier alpha value is -2.50. The second-order valence-electron chi connectivity index (χ2n) is 6.73. The first-order chi connectivity index (χ1) is 13.5. The number of benzene rings is 2. The molecule has 2 heterocycles. The quantitative estimate of drug-likeness (QED) is 0.545. The van der Waals surface area contributed by atoms with Gasteiger partial charge in [-0.2, -0.15) is 0 Å².